The molecular formula is C16H12F3N3O. The molecule has 0 radical (unpaired) electrons. The third-order valence-electron chi connectivity index (χ3n) is 3.49. The molecule has 7 heteroatoms. The van der Waals surface area contributed by atoms with E-state index in [1.165, 1.54) is 18.2 Å². The summed E-state index contributed by atoms with van der Waals surface area (Å²) in [5, 5.41) is 0. The fourth-order valence-electron chi connectivity index (χ4n) is 2.41. The maximum absolute atomic E-state index is 13.2. The minimum atomic E-state index is -4.55. The third-order valence-corrected chi connectivity index (χ3v) is 3.49. The van der Waals surface area contributed by atoms with Crippen molar-refractivity contribution in [3.8, 4) is 0 Å². The van der Waals surface area contributed by atoms with E-state index < -0.39 is 17.9 Å². The number of hydrogen-bond acceptors (Lipinski definition) is 2. The zero-order valence-corrected chi connectivity index (χ0v) is 11.8. The van der Waals surface area contributed by atoms with E-state index in [0.29, 0.717) is 16.6 Å². The summed E-state index contributed by atoms with van der Waals surface area (Å²) in [7, 11) is 0. The van der Waals surface area contributed by atoms with Crippen LogP contribution in [-0.2, 0) is 12.7 Å². The van der Waals surface area contributed by atoms with E-state index in [4.69, 9.17) is 5.73 Å². The number of primary amides is 1. The number of halogens is 3. The molecule has 0 saturated carbocycles. The van der Waals surface area contributed by atoms with Gasteiger partial charge in [-0.25, -0.2) is 4.98 Å². The van der Waals surface area contributed by atoms with Crippen LogP contribution in [0.15, 0.2) is 48.5 Å². The molecule has 1 aromatic heterocycles. The highest BCUT2D eigenvalue weighted by Crippen LogP contribution is 2.32. The largest absolute Gasteiger partial charge is 0.449 e. The third kappa shape index (κ3) is 2.90. The van der Waals surface area contributed by atoms with Gasteiger partial charge >= 0.3 is 6.18 Å². The average Bonchev–Trinajstić information content (AvgIpc) is 2.87. The summed E-state index contributed by atoms with van der Waals surface area (Å²) in [6, 6.07) is 12.6. The first-order valence-corrected chi connectivity index (χ1v) is 6.77. The van der Waals surface area contributed by atoms with Crippen LogP contribution in [0.4, 0.5) is 13.2 Å². The van der Waals surface area contributed by atoms with Crippen LogP contribution in [0.1, 0.15) is 21.7 Å². The molecule has 0 bridgehead atoms. The van der Waals surface area contributed by atoms with E-state index in [2.05, 4.69) is 4.98 Å². The predicted octanol–water partition coefficient (Wildman–Crippen LogP) is 3.20. The molecule has 0 aliphatic carbocycles. The first-order valence-electron chi connectivity index (χ1n) is 6.77. The summed E-state index contributed by atoms with van der Waals surface area (Å²) >= 11 is 0. The van der Waals surface area contributed by atoms with Crippen molar-refractivity contribution >= 4 is 16.9 Å². The van der Waals surface area contributed by atoms with Crippen molar-refractivity contribution in [2.75, 3.05) is 0 Å². The molecule has 0 fully saturated rings. The molecule has 0 saturated heterocycles. The van der Waals surface area contributed by atoms with E-state index in [1.807, 2.05) is 0 Å². The molecule has 0 unspecified atom stereocenters. The molecule has 0 aliphatic heterocycles. The number of nitrogens with zero attached hydrogens (tertiary/aromatic N) is 2. The maximum atomic E-state index is 13.2. The van der Waals surface area contributed by atoms with Crippen LogP contribution in [0.25, 0.3) is 11.0 Å². The van der Waals surface area contributed by atoms with Gasteiger partial charge in [0.2, 0.25) is 11.7 Å². The number of nitrogens with two attached hydrogens (primary N) is 1. The number of benzene rings is 2. The minimum Gasteiger partial charge on any atom is -0.366 e. The Labute approximate surface area is 129 Å². The van der Waals surface area contributed by atoms with E-state index in [1.54, 1.807) is 30.3 Å². The number of rotatable bonds is 3. The number of aromatic nitrogens is 2. The SMILES string of the molecule is NC(=O)c1ccc(Cn2c(C(F)(F)F)nc3ccccc32)cc1. The highest BCUT2D eigenvalue weighted by molar-refractivity contribution is 5.92. The van der Waals surface area contributed by atoms with Crippen LogP contribution < -0.4 is 5.73 Å². The number of carbonyl (C=O) groups excluding carboxylic acids is 1. The quantitative estimate of drug-likeness (QED) is 0.806. The van der Waals surface area contributed by atoms with Gasteiger partial charge in [-0.05, 0) is 29.8 Å². The lowest BCUT2D eigenvalue weighted by atomic mass is 10.1. The summed E-state index contributed by atoms with van der Waals surface area (Å²) in [5.41, 5.74) is 6.76. The van der Waals surface area contributed by atoms with Crippen molar-refractivity contribution in [1.82, 2.24) is 9.55 Å². The van der Waals surface area contributed by atoms with Crippen molar-refractivity contribution in [3.05, 3.63) is 65.5 Å². The number of carbonyl (C=O) groups is 1. The summed E-state index contributed by atoms with van der Waals surface area (Å²) < 4.78 is 40.8. The highest BCUT2D eigenvalue weighted by Gasteiger charge is 2.37. The Hall–Kier alpha value is -2.83. The second-order valence-corrected chi connectivity index (χ2v) is 5.07. The first kappa shape index (κ1) is 15.1. The normalized spacial score (nSPS) is 11.8. The van der Waals surface area contributed by atoms with Gasteiger partial charge in [-0.3, -0.25) is 4.79 Å². The zero-order valence-electron chi connectivity index (χ0n) is 11.8. The number of hydrogen-bond donors (Lipinski definition) is 1. The van der Waals surface area contributed by atoms with E-state index in [0.717, 1.165) is 4.57 Å². The molecule has 118 valence electrons. The molecule has 1 heterocycles. The summed E-state index contributed by atoms with van der Waals surface area (Å²) in [6.07, 6.45) is -4.55. The van der Waals surface area contributed by atoms with Crippen molar-refractivity contribution in [2.45, 2.75) is 12.7 Å². The van der Waals surface area contributed by atoms with Gasteiger partial charge in [0.25, 0.3) is 0 Å². The molecule has 23 heavy (non-hydrogen) atoms. The van der Waals surface area contributed by atoms with Gasteiger partial charge in [0.05, 0.1) is 11.0 Å². The molecule has 3 rings (SSSR count). The van der Waals surface area contributed by atoms with E-state index in [-0.39, 0.29) is 12.1 Å². The van der Waals surface area contributed by atoms with Gasteiger partial charge in [0.15, 0.2) is 0 Å². The molecule has 1 amide bonds. The predicted molar refractivity (Wildman–Crippen MR) is 78.8 cm³/mol. The molecule has 3 aromatic rings. The second-order valence-electron chi connectivity index (χ2n) is 5.07. The lowest BCUT2D eigenvalue weighted by Gasteiger charge is -2.11. The topological polar surface area (TPSA) is 60.9 Å². The average molecular weight is 319 g/mol. The maximum Gasteiger partial charge on any atom is 0.449 e. The number of amides is 1. The highest BCUT2D eigenvalue weighted by atomic mass is 19.4. The number of para-hydroxylation sites is 2. The Kier molecular flexibility index (Phi) is 3.55. The molecule has 0 atom stereocenters. The van der Waals surface area contributed by atoms with Gasteiger partial charge in [0.1, 0.15) is 0 Å². The monoisotopic (exact) mass is 319 g/mol. The number of fused-ring (bicyclic) bond motifs is 1. The summed E-state index contributed by atoms with van der Waals surface area (Å²) in [6.45, 7) is -0.00556. The molecule has 2 aromatic carbocycles. The molecule has 4 nitrogen and oxygen atoms in total. The van der Waals surface area contributed by atoms with Crippen LogP contribution in [0.3, 0.4) is 0 Å². The number of alkyl halides is 3. The second kappa shape index (κ2) is 5.42. The van der Waals surface area contributed by atoms with Crippen LogP contribution in [0.5, 0.6) is 0 Å². The lowest BCUT2D eigenvalue weighted by Crippen LogP contribution is -2.16. The van der Waals surface area contributed by atoms with Gasteiger partial charge in [-0.15, -0.1) is 0 Å². The van der Waals surface area contributed by atoms with E-state index in [9.17, 15) is 18.0 Å². The standard InChI is InChI=1S/C16H12F3N3O/c17-16(18,19)15-21-12-3-1-2-4-13(12)22(15)9-10-5-7-11(8-6-10)14(20)23/h1-8H,9H2,(H2,20,23). The van der Waals surface area contributed by atoms with Crippen LogP contribution in [0.2, 0.25) is 0 Å². The Bertz CT molecular complexity index is 866. The Morgan fingerprint density at radius 2 is 1.74 bits per heavy atom. The van der Waals surface area contributed by atoms with Crippen molar-refractivity contribution in [3.63, 3.8) is 0 Å². The molecule has 0 spiro atoms. The molecule has 2 N–H and O–H groups in total. The molecular weight excluding hydrogens is 307 g/mol. The molecule has 0 aliphatic rings. The van der Waals surface area contributed by atoms with Gasteiger partial charge in [0, 0.05) is 12.1 Å². The van der Waals surface area contributed by atoms with Crippen LogP contribution in [0, 0.1) is 0 Å². The van der Waals surface area contributed by atoms with Crippen LogP contribution in [-0.4, -0.2) is 15.5 Å². The van der Waals surface area contributed by atoms with Crippen molar-refractivity contribution in [1.29, 1.82) is 0 Å². The lowest BCUT2D eigenvalue weighted by molar-refractivity contribution is -0.146. The van der Waals surface area contributed by atoms with Gasteiger partial charge in [-0.2, -0.15) is 13.2 Å². The first-order chi connectivity index (χ1) is 10.9. The Balaban J connectivity index is 2.06. The zero-order chi connectivity index (χ0) is 16.6. The van der Waals surface area contributed by atoms with Crippen molar-refractivity contribution < 1.29 is 18.0 Å². The van der Waals surface area contributed by atoms with E-state index >= 15 is 0 Å². The Morgan fingerprint density at radius 3 is 2.35 bits per heavy atom. The fourth-order valence-corrected chi connectivity index (χ4v) is 2.41. The van der Waals surface area contributed by atoms with Gasteiger partial charge < -0.3 is 10.3 Å². The number of imidazole rings is 1. The van der Waals surface area contributed by atoms with Crippen LogP contribution >= 0.6 is 0 Å². The summed E-state index contributed by atoms with van der Waals surface area (Å²) in [4.78, 5) is 14.7. The summed E-state index contributed by atoms with van der Waals surface area (Å²) in [5.74, 6) is -1.53. The van der Waals surface area contributed by atoms with Gasteiger partial charge in [-0.1, -0.05) is 24.3 Å². The Morgan fingerprint density at radius 1 is 1.09 bits per heavy atom. The fraction of sp³-hybridized carbons (Fsp3) is 0.125. The minimum absolute atomic E-state index is 0.00556. The van der Waals surface area contributed by atoms with Crippen molar-refractivity contribution in [2.24, 2.45) is 5.73 Å². The smallest absolute Gasteiger partial charge is 0.366 e.